The molecule has 0 spiro atoms. The third-order valence-corrected chi connectivity index (χ3v) is 10.4. The second kappa shape index (κ2) is 20.9. The number of carbonyl (C=O) groups excluding carboxylic acids is 6. The van der Waals surface area contributed by atoms with Gasteiger partial charge in [-0.25, -0.2) is 0 Å². The predicted octanol–water partition coefficient (Wildman–Crippen LogP) is 12.1. The van der Waals surface area contributed by atoms with Gasteiger partial charge >= 0.3 is 0 Å². The summed E-state index contributed by atoms with van der Waals surface area (Å²) in [6, 6.07) is 17.4. The van der Waals surface area contributed by atoms with Crippen LogP contribution in [0.25, 0.3) is 0 Å². The average Bonchev–Trinajstić information content (AvgIpc) is 3.19. The van der Waals surface area contributed by atoms with E-state index in [1.807, 2.05) is 0 Å². The molecule has 0 aromatic heterocycles. The molecule has 0 saturated heterocycles. The minimum Gasteiger partial charge on any atom is -0.324 e. The summed E-state index contributed by atoms with van der Waals surface area (Å²) in [6.45, 7) is 5.62. The Labute approximate surface area is 384 Å². The van der Waals surface area contributed by atoms with Crippen LogP contribution in [0.5, 0.6) is 0 Å². The van der Waals surface area contributed by atoms with Gasteiger partial charge in [0.05, 0.1) is 54.0 Å². The standard InChI is InChI=1S/C42H32Cl6N8O6/c1-19-13-36(52-42(62)38(22(4)58)56-54-26-8-10-30(46)28(18-26)40(60)50-34-12-6-24(44)16-32(34)48)20(2)14-35(19)51-41(61)37(21(3)57)55-53-25-7-9-29(45)27(17-25)39(59)49-33-11-5-23(43)15-31(33)47/h5-18,37-38H,1-4H3,(H,49,59)(H,50,60)(H,51,61)(H,52,62). The lowest BCUT2D eigenvalue weighted by Crippen LogP contribution is -2.32. The van der Waals surface area contributed by atoms with Gasteiger partial charge in [0, 0.05) is 21.4 Å². The number of amides is 4. The van der Waals surface area contributed by atoms with Crippen molar-refractivity contribution in [3.8, 4) is 0 Å². The Kier molecular flexibility index (Phi) is 15.9. The number of hydrogen-bond acceptors (Lipinski definition) is 10. The number of nitrogens with zero attached hydrogens (tertiary/aromatic N) is 4. The summed E-state index contributed by atoms with van der Waals surface area (Å²) in [5, 5.41) is 28.0. The topological polar surface area (TPSA) is 200 Å². The molecule has 5 rings (SSSR count). The van der Waals surface area contributed by atoms with Crippen LogP contribution in [0.3, 0.4) is 0 Å². The Balaban J connectivity index is 1.26. The number of ketones is 2. The number of Topliss-reactive ketones (excluding diaryl/α,β-unsaturated/α-hetero) is 2. The van der Waals surface area contributed by atoms with Crippen LogP contribution >= 0.6 is 69.6 Å². The van der Waals surface area contributed by atoms with Crippen molar-refractivity contribution in [2.24, 2.45) is 20.5 Å². The van der Waals surface area contributed by atoms with Crippen molar-refractivity contribution in [2.75, 3.05) is 21.3 Å². The van der Waals surface area contributed by atoms with Gasteiger partial charge in [0.15, 0.2) is 11.6 Å². The Morgan fingerprint density at radius 3 is 1.16 bits per heavy atom. The average molecular weight is 957 g/mol. The number of benzene rings is 5. The molecule has 0 saturated carbocycles. The molecule has 0 fully saturated rings. The zero-order chi connectivity index (χ0) is 45.4. The van der Waals surface area contributed by atoms with Crippen LogP contribution in [0.2, 0.25) is 30.1 Å². The highest BCUT2D eigenvalue weighted by atomic mass is 35.5. The van der Waals surface area contributed by atoms with E-state index in [1.54, 1.807) is 38.1 Å². The minimum absolute atomic E-state index is 0.0213. The van der Waals surface area contributed by atoms with Gasteiger partial charge in [0.1, 0.15) is 0 Å². The summed E-state index contributed by atoms with van der Waals surface area (Å²) < 4.78 is 0. The fourth-order valence-corrected chi connectivity index (χ4v) is 6.75. The maximum absolute atomic E-state index is 13.4. The molecule has 0 aliphatic carbocycles. The van der Waals surface area contributed by atoms with Crippen LogP contribution in [0, 0.1) is 13.8 Å². The molecule has 5 aromatic carbocycles. The van der Waals surface area contributed by atoms with Gasteiger partial charge in [-0.2, -0.15) is 20.5 Å². The highest BCUT2D eigenvalue weighted by Gasteiger charge is 2.26. The molecule has 2 unspecified atom stereocenters. The van der Waals surface area contributed by atoms with Crippen LogP contribution in [-0.4, -0.2) is 47.3 Å². The second-order valence-electron chi connectivity index (χ2n) is 13.4. The summed E-state index contributed by atoms with van der Waals surface area (Å²) in [5.41, 5.74) is 2.40. The van der Waals surface area contributed by atoms with Gasteiger partial charge in [-0.15, -0.1) is 0 Å². The fourth-order valence-electron chi connectivity index (χ4n) is 5.43. The summed E-state index contributed by atoms with van der Waals surface area (Å²) in [7, 11) is 0. The van der Waals surface area contributed by atoms with Gasteiger partial charge in [-0.1, -0.05) is 69.6 Å². The summed E-state index contributed by atoms with van der Waals surface area (Å²) in [5.74, 6) is -4.09. The van der Waals surface area contributed by atoms with Crippen molar-refractivity contribution < 1.29 is 28.8 Å². The van der Waals surface area contributed by atoms with E-state index in [1.165, 1.54) is 74.5 Å². The van der Waals surface area contributed by atoms with Crippen molar-refractivity contribution in [3.05, 3.63) is 137 Å². The smallest absolute Gasteiger partial charge is 0.258 e. The monoisotopic (exact) mass is 954 g/mol. The molecule has 14 nitrogen and oxygen atoms in total. The van der Waals surface area contributed by atoms with E-state index in [-0.39, 0.29) is 54.0 Å². The lowest BCUT2D eigenvalue weighted by molar-refractivity contribution is -0.127. The number of carbonyl (C=O) groups is 6. The van der Waals surface area contributed by atoms with Crippen molar-refractivity contribution in [1.82, 2.24) is 0 Å². The molecule has 2 atom stereocenters. The molecule has 318 valence electrons. The summed E-state index contributed by atoms with van der Waals surface area (Å²) in [4.78, 5) is 77.9. The quantitative estimate of drug-likeness (QED) is 0.0630. The molecule has 20 heteroatoms. The number of anilines is 4. The normalized spacial score (nSPS) is 12.2. The van der Waals surface area contributed by atoms with E-state index in [9.17, 15) is 28.8 Å². The van der Waals surface area contributed by atoms with Crippen LogP contribution < -0.4 is 21.3 Å². The largest absolute Gasteiger partial charge is 0.324 e. The minimum atomic E-state index is -1.58. The number of azo groups is 2. The van der Waals surface area contributed by atoms with Gasteiger partial charge < -0.3 is 21.3 Å². The zero-order valence-corrected chi connectivity index (χ0v) is 37.3. The molecule has 0 heterocycles. The number of aryl methyl sites for hydroxylation is 2. The van der Waals surface area contributed by atoms with E-state index < -0.39 is 47.3 Å². The van der Waals surface area contributed by atoms with Gasteiger partial charge in [0.25, 0.3) is 23.6 Å². The first-order valence-electron chi connectivity index (χ1n) is 18.0. The molecule has 5 aromatic rings. The van der Waals surface area contributed by atoms with Crippen LogP contribution in [0.1, 0.15) is 45.7 Å². The summed E-state index contributed by atoms with van der Waals surface area (Å²) >= 11 is 36.8. The van der Waals surface area contributed by atoms with Crippen molar-refractivity contribution in [3.63, 3.8) is 0 Å². The Hall–Kier alpha value is -5.74. The van der Waals surface area contributed by atoms with E-state index in [2.05, 4.69) is 41.7 Å². The SMILES string of the molecule is CC(=O)C(N=Nc1ccc(Cl)c(C(=O)Nc2ccc(Cl)cc2Cl)c1)C(=O)Nc1cc(C)c(NC(=O)C(N=Nc2ccc(Cl)c(C(=O)Nc3ccc(Cl)cc3Cl)c2)C(C)=O)cc1C. The second-order valence-corrected chi connectivity index (χ2v) is 15.9. The van der Waals surface area contributed by atoms with Crippen molar-refractivity contribution in [2.45, 2.75) is 39.8 Å². The maximum atomic E-state index is 13.4. The Bertz CT molecular complexity index is 2530. The number of nitrogens with one attached hydrogen (secondary N) is 4. The maximum Gasteiger partial charge on any atom is 0.258 e. The Morgan fingerprint density at radius 1 is 0.452 bits per heavy atom. The van der Waals surface area contributed by atoms with Gasteiger partial charge in [-0.05, 0) is 124 Å². The van der Waals surface area contributed by atoms with Gasteiger partial charge in [0.2, 0.25) is 12.1 Å². The van der Waals surface area contributed by atoms with Crippen LogP contribution in [0.15, 0.2) is 105 Å². The third kappa shape index (κ3) is 12.2. The number of hydrogen-bond donors (Lipinski definition) is 4. The predicted molar refractivity (Wildman–Crippen MR) is 243 cm³/mol. The molecule has 4 N–H and O–H groups in total. The van der Waals surface area contributed by atoms with E-state index in [0.717, 1.165) is 0 Å². The van der Waals surface area contributed by atoms with Crippen LogP contribution in [-0.2, 0) is 19.2 Å². The first-order chi connectivity index (χ1) is 29.3. The fraction of sp³-hybridized carbons (Fsp3) is 0.143. The lowest BCUT2D eigenvalue weighted by atomic mass is 10.1. The van der Waals surface area contributed by atoms with Crippen LogP contribution in [0.4, 0.5) is 34.1 Å². The molecular weight excluding hydrogens is 925 g/mol. The highest BCUT2D eigenvalue weighted by molar-refractivity contribution is 6.38. The van der Waals surface area contributed by atoms with E-state index in [0.29, 0.717) is 32.5 Å². The molecule has 0 aliphatic rings. The number of halogens is 6. The third-order valence-electron chi connectivity index (χ3n) is 8.68. The number of rotatable bonds is 14. The zero-order valence-electron chi connectivity index (χ0n) is 32.7. The molecule has 0 radical (unpaired) electrons. The molecule has 0 aliphatic heterocycles. The Morgan fingerprint density at radius 2 is 0.823 bits per heavy atom. The molecule has 62 heavy (non-hydrogen) atoms. The van der Waals surface area contributed by atoms with E-state index in [4.69, 9.17) is 69.6 Å². The molecule has 0 bridgehead atoms. The molecular formula is C42H32Cl6N8O6. The van der Waals surface area contributed by atoms with Crippen molar-refractivity contribution >= 4 is 139 Å². The first kappa shape index (κ1) is 47.3. The highest BCUT2D eigenvalue weighted by Crippen LogP contribution is 2.31. The first-order valence-corrected chi connectivity index (χ1v) is 20.3. The van der Waals surface area contributed by atoms with Gasteiger partial charge in [-0.3, -0.25) is 28.8 Å². The summed E-state index contributed by atoms with van der Waals surface area (Å²) in [6.07, 6.45) is 0. The van der Waals surface area contributed by atoms with Crippen molar-refractivity contribution in [1.29, 1.82) is 0 Å². The van der Waals surface area contributed by atoms with E-state index >= 15 is 0 Å². The molecule has 4 amide bonds. The lowest BCUT2D eigenvalue weighted by Gasteiger charge is -2.16.